The summed E-state index contributed by atoms with van der Waals surface area (Å²) in [5.74, 6) is 0.553. The van der Waals surface area contributed by atoms with Gasteiger partial charge in [-0.25, -0.2) is 0 Å². The predicted octanol–water partition coefficient (Wildman–Crippen LogP) is 2.54. The minimum absolute atomic E-state index is 0.178. The standard InChI is InChI=1S/C21H22N2O5/c1-26-12-11-23-20(24)18(14-7-9-16(27-2)10-8-14)19(21(23)25)22-15-5-4-6-17(13-15)28-3/h4-10,13,22H,11-12H2,1-3H3. The Balaban J connectivity index is 2.02. The zero-order chi connectivity index (χ0) is 20.1. The van der Waals surface area contributed by atoms with E-state index in [4.69, 9.17) is 14.2 Å². The second-order valence-corrected chi connectivity index (χ2v) is 6.09. The number of nitrogens with zero attached hydrogens (tertiary/aromatic N) is 1. The highest BCUT2D eigenvalue weighted by Crippen LogP contribution is 2.31. The third-order valence-corrected chi connectivity index (χ3v) is 4.40. The number of amides is 2. The second-order valence-electron chi connectivity index (χ2n) is 6.09. The highest BCUT2D eigenvalue weighted by molar-refractivity contribution is 6.36. The molecule has 0 saturated carbocycles. The highest BCUT2D eigenvalue weighted by Gasteiger charge is 2.39. The van der Waals surface area contributed by atoms with Crippen molar-refractivity contribution >= 4 is 23.1 Å². The molecule has 0 atom stereocenters. The summed E-state index contributed by atoms with van der Waals surface area (Å²) in [7, 11) is 4.66. The molecule has 3 rings (SSSR count). The van der Waals surface area contributed by atoms with E-state index in [0.29, 0.717) is 28.3 Å². The topological polar surface area (TPSA) is 77.1 Å². The summed E-state index contributed by atoms with van der Waals surface area (Å²) in [6.07, 6.45) is 0. The molecule has 2 aromatic rings. The number of carbonyl (C=O) groups is 2. The SMILES string of the molecule is COCCN1C(=O)C(Nc2cccc(OC)c2)=C(c2ccc(OC)cc2)C1=O. The van der Waals surface area contributed by atoms with Gasteiger partial charge >= 0.3 is 0 Å². The highest BCUT2D eigenvalue weighted by atomic mass is 16.5. The molecule has 0 bridgehead atoms. The first-order valence-corrected chi connectivity index (χ1v) is 8.74. The number of hydrogen-bond donors (Lipinski definition) is 1. The number of benzene rings is 2. The van der Waals surface area contributed by atoms with Gasteiger partial charge in [-0.2, -0.15) is 0 Å². The maximum atomic E-state index is 13.0. The van der Waals surface area contributed by atoms with E-state index >= 15 is 0 Å². The van der Waals surface area contributed by atoms with Gasteiger partial charge in [0, 0.05) is 18.9 Å². The van der Waals surface area contributed by atoms with Crippen molar-refractivity contribution in [1.29, 1.82) is 0 Å². The molecule has 2 aromatic carbocycles. The molecule has 0 spiro atoms. The summed E-state index contributed by atoms with van der Waals surface area (Å²) in [6, 6.07) is 14.2. The molecule has 1 aliphatic rings. The molecule has 0 aromatic heterocycles. The van der Waals surface area contributed by atoms with E-state index in [1.807, 2.05) is 0 Å². The number of nitrogens with one attached hydrogen (secondary N) is 1. The zero-order valence-corrected chi connectivity index (χ0v) is 16.0. The molecular formula is C21H22N2O5. The predicted molar refractivity (Wildman–Crippen MR) is 105 cm³/mol. The maximum Gasteiger partial charge on any atom is 0.278 e. The fourth-order valence-electron chi connectivity index (χ4n) is 2.95. The Morgan fingerprint density at radius 3 is 2.25 bits per heavy atom. The molecule has 1 N–H and O–H groups in total. The van der Waals surface area contributed by atoms with Crippen LogP contribution in [0.4, 0.5) is 5.69 Å². The van der Waals surface area contributed by atoms with Crippen molar-refractivity contribution in [2.75, 3.05) is 39.8 Å². The molecule has 7 heteroatoms. The lowest BCUT2D eigenvalue weighted by atomic mass is 10.0. The van der Waals surface area contributed by atoms with Gasteiger partial charge < -0.3 is 19.5 Å². The average molecular weight is 382 g/mol. The Labute approximate surface area is 163 Å². The molecule has 2 amide bonds. The number of carbonyl (C=O) groups excluding carboxylic acids is 2. The van der Waals surface area contributed by atoms with Crippen molar-refractivity contribution in [2.24, 2.45) is 0 Å². The van der Waals surface area contributed by atoms with Crippen LogP contribution in [0.1, 0.15) is 5.56 Å². The van der Waals surface area contributed by atoms with Crippen LogP contribution in [0, 0.1) is 0 Å². The lowest BCUT2D eigenvalue weighted by Crippen LogP contribution is -2.35. The molecular weight excluding hydrogens is 360 g/mol. The summed E-state index contributed by atoms with van der Waals surface area (Å²) >= 11 is 0. The van der Waals surface area contributed by atoms with E-state index in [1.54, 1.807) is 62.8 Å². The molecule has 0 unspecified atom stereocenters. The van der Waals surface area contributed by atoms with Crippen LogP contribution in [0.25, 0.3) is 5.57 Å². The van der Waals surface area contributed by atoms with Gasteiger partial charge in [0.2, 0.25) is 0 Å². The largest absolute Gasteiger partial charge is 0.497 e. The molecule has 0 radical (unpaired) electrons. The molecule has 1 aliphatic heterocycles. The van der Waals surface area contributed by atoms with Crippen LogP contribution in [0.15, 0.2) is 54.2 Å². The van der Waals surface area contributed by atoms with Gasteiger partial charge in [0.1, 0.15) is 17.2 Å². The van der Waals surface area contributed by atoms with Crippen molar-refractivity contribution in [3.05, 3.63) is 59.8 Å². The molecule has 0 saturated heterocycles. The summed E-state index contributed by atoms with van der Waals surface area (Å²) in [5, 5.41) is 3.09. The van der Waals surface area contributed by atoms with E-state index in [2.05, 4.69) is 5.32 Å². The van der Waals surface area contributed by atoms with Gasteiger partial charge in [-0.15, -0.1) is 0 Å². The zero-order valence-electron chi connectivity index (χ0n) is 16.0. The smallest absolute Gasteiger partial charge is 0.278 e. The summed E-state index contributed by atoms with van der Waals surface area (Å²) < 4.78 is 15.4. The summed E-state index contributed by atoms with van der Waals surface area (Å²) in [4.78, 5) is 27.1. The number of anilines is 1. The molecule has 0 fully saturated rings. The lowest BCUT2D eigenvalue weighted by Gasteiger charge is -2.14. The van der Waals surface area contributed by atoms with Gasteiger partial charge in [0.15, 0.2) is 0 Å². The van der Waals surface area contributed by atoms with Gasteiger partial charge in [-0.1, -0.05) is 18.2 Å². The third-order valence-electron chi connectivity index (χ3n) is 4.40. The van der Waals surface area contributed by atoms with Crippen LogP contribution in [0.5, 0.6) is 11.5 Å². The quantitative estimate of drug-likeness (QED) is 0.707. The normalized spacial score (nSPS) is 13.9. The van der Waals surface area contributed by atoms with Crippen LogP contribution in [0.3, 0.4) is 0 Å². The van der Waals surface area contributed by atoms with E-state index in [0.717, 1.165) is 0 Å². The Hall–Kier alpha value is -3.32. The fourth-order valence-corrected chi connectivity index (χ4v) is 2.95. The summed E-state index contributed by atoms with van der Waals surface area (Å²) in [5.41, 5.74) is 1.81. The minimum atomic E-state index is -0.393. The van der Waals surface area contributed by atoms with Crippen molar-refractivity contribution in [1.82, 2.24) is 4.90 Å². The number of ether oxygens (including phenoxy) is 3. The number of methoxy groups -OCH3 is 3. The first-order chi connectivity index (χ1) is 13.6. The molecule has 0 aliphatic carbocycles. The van der Waals surface area contributed by atoms with E-state index < -0.39 is 5.91 Å². The first-order valence-electron chi connectivity index (χ1n) is 8.74. The third kappa shape index (κ3) is 3.84. The van der Waals surface area contributed by atoms with Crippen LogP contribution >= 0.6 is 0 Å². The molecule has 1 heterocycles. The molecule has 28 heavy (non-hydrogen) atoms. The van der Waals surface area contributed by atoms with Crippen LogP contribution in [0.2, 0.25) is 0 Å². The number of hydrogen-bond acceptors (Lipinski definition) is 6. The van der Waals surface area contributed by atoms with E-state index in [1.165, 1.54) is 12.0 Å². The number of imide groups is 1. The van der Waals surface area contributed by atoms with E-state index in [-0.39, 0.29) is 24.8 Å². The van der Waals surface area contributed by atoms with Crippen molar-refractivity contribution in [2.45, 2.75) is 0 Å². The Morgan fingerprint density at radius 2 is 1.61 bits per heavy atom. The molecule has 146 valence electrons. The van der Waals surface area contributed by atoms with E-state index in [9.17, 15) is 9.59 Å². The lowest BCUT2D eigenvalue weighted by molar-refractivity contribution is -0.137. The second kappa shape index (κ2) is 8.58. The Kier molecular flexibility index (Phi) is 5.96. The Morgan fingerprint density at radius 1 is 0.893 bits per heavy atom. The van der Waals surface area contributed by atoms with Crippen LogP contribution < -0.4 is 14.8 Å². The van der Waals surface area contributed by atoms with Crippen molar-refractivity contribution in [3.8, 4) is 11.5 Å². The van der Waals surface area contributed by atoms with Crippen molar-refractivity contribution in [3.63, 3.8) is 0 Å². The van der Waals surface area contributed by atoms with Gasteiger partial charge in [0.25, 0.3) is 11.8 Å². The van der Waals surface area contributed by atoms with Gasteiger partial charge in [0.05, 0.1) is 32.9 Å². The monoisotopic (exact) mass is 382 g/mol. The molecule has 7 nitrogen and oxygen atoms in total. The van der Waals surface area contributed by atoms with Gasteiger partial charge in [-0.3, -0.25) is 14.5 Å². The fraction of sp³-hybridized carbons (Fsp3) is 0.238. The Bertz CT molecular complexity index is 905. The van der Waals surface area contributed by atoms with Crippen LogP contribution in [-0.4, -0.2) is 51.2 Å². The minimum Gasteiger partial charge on any atom is -0.497 e. The maximum absolute atomic E-state index is 13.0. The first kappa shape index (κ1) is 19.4. The van der Waals surface area contributed by atoms with Gasteiger partial charge in [-0.05, 0) is 29.8 Å². The average Bonchev–Trinajstić information content (AvgIpc) is 2.96. The summed E-state index contributed by atoms with van der Waals surface area (Å²) in [6.45, 7) is 0.441. The number of rotatable bonds is 8. The van der Waals surface area contributed by atoms with Crippen LogP contribution in [-0.2, 0) is 14.3 Å². The van der Waals surface area contributed by atoms with Crippen molar-refractivity contribution < 1.29 is 23.8 Å².